The van der Waals surface area contributed by atoms with Gasteiger partial charge in [0.2, 0.25) is 0 Å². The molecule has 1 aliphatic heterocycles. The van der Waals surface area contributed by atoms with Gasteiger partial charge in [-0.25, -0.2) is 14.4 Å². The lowest BCUT2D eigenvalue weighted by molar-refractivity contribution is -0.0175. The van der Waals surface area contributed by atoms with Gasteiger partial charge in [-0.1, -0.05) is 12.1 Å². The summed E-state index contributed by atoms with van der Waals surface area (Å²) in [4.78, 5) is 12.0. The summed E-state index contributed by atoms with van der Waals surface area (Å²) in [5, 5.41) is 3.11. The average molecular weight is 329 g/mol. The summed E-state index contributed by atoms with van der Waals surface area (Å²) in [6.45, 7) is 3.52. The number of rotatable bonds is 2. The van der Waals surface area contributed by atoms with E-state index in [0.717, 1.165) is 28.1 Å². The van der Waals surface area contributed by atoms with Crippen molar-refractivity contribution in [1.29, 1.82) is 0 Å². The highest BCUT2D eigenvalue weighted by Crippen LogP contribution is 2.32. The molecule has 0 radical (unpaired) electrons. The minimum absolute atomic E-state index is 0.0717. The molecule has 6 heteroatoms. The van der Waals surface area contributed by atoms with E-state index < -0.39 is 0 Å². The lowest BCUT2D eigenvalue weighted by atomic mass is 10.1. The minimum atomic E-state index is -0.231. The predicted octanol–water partition coefficient (Wildman–Crippen LogP) is 3.80. The Labute approximate surface area is 137 Å². The van der Waals surface area contributed by atoms with Crippen LogP contribution in [0, 0.1) is 5.82 Å². The summed E-state index contributed by atoms with van der Waals surface area (Å²) in [5.41, 5.74) is 0.985. The Morgan fingerprint density at radius 3 is 2.83 bits per heavy atom. The number of morpholine rings is 1. The number of ether oxygens (including phenoxy) is 1. The van der Waals surface area contributed by atoms with E-state index in [0.29, 0.717) is 6.54 Å². The normalized spacial score (nSPS) is 21.7. The lowest BCUT2D eigenvalue weighted by Crippen LogP contribution is -2.43. The van der Waals surface area contributed by atoms with Crippen molar-refractivity contribution < 1.29 is 9.13 Å². The SMILES string of the molecule is CC1CN(c2ncnc3sccc23)CC(c2ccc(F)cc2)O1. The monoisotopic (exact) mass is 329 g/mol. The maximum atomic E-state index is 13.1. The van der Waals surface area contributed by atoms with Crippen molar-refractivity contribution in [2.24, 2.45) is 0 Å². The molecule has 1 saturated heterocycles. The molecule has 2 atom stereocenters. The number of anilines is 1. The van der Waals surface area contributed by atoms with Crippen LogP contribution in [0.3, 0.4) is 0 Å². The van der Waals surface area contributed by atoms with Crippen molar-refractivity contribution in [2.45, 2.75) is 19.1 Å². The van der Waals surface area contributed by atoms with Gasteiger partial charge in [-0.2, -0.15) is 0 Å². The number of nitrogens with zero attached hydrogens (tertiary/aromatic N) is 3. The van der Waals surface area contributed by atoms with E-state index in [2.05, 4.69) is 27.9 Å². The van der Waals surface area contributed by atoms with Crippen LogP contribution >= 0.6 is 11.3 Å². The maximum absolute atomic E-state index is 13.1. The average Bonchev–Trinajstić information content (AvgIpc) is 3.03. The summed E-state index contributed by atoms with van der Waals surface area (Å²) in [7, 11) is 0. The second kappa shape index (κ2) is 5.86. The number of thiophene rings is 1. The molecule has 0 amide bonds. The molecular formula is C17H16FN3OS. The fourth-order valence-electron chi connectivity index (χ4n) is 3.01. The summed E-state index contributed by atoms with van der Waals surface area (Å²) < 4.78 is 19.2. The number of halogens is 1. The van der Waals surface area contributed by atoms with Gasteiger partial charge in [-0.05, 0) is 36.1 Å². The van der Waals surface area contributed by atoms with E-state index in [1.807, 2.05) is 5.38 Å². The zero-order valence-electron chi connectivity index (χ0n) is 12.6. The highest BCUT2D eigenvalue weighted by Gasteiger charge is 2.28. The van der Waals surface area contributed by atoms with Crippen LogP contribution in [0.4, 0.5) is 10.2 Å². The molecule has 0 saturated carbocycles. The fourth-order valence-corrected chi connectivity index (χ4v) is 3.74. The van der Waals surface area contributed by atoms with Gasteiger partial charge in [-0.15, -0.1) is 11.3 Å². The van der Waals surface area contributed by atoms with Gasteiger partial charge in [0.25, 0.3) is 0 Å². The molecule has 118 valence electrons. The third-order valence-electron chi connectivity index (χ3n) is 4.04. The van der Waals surface area contributed by atoms with Crippen molar-refractivity contribution in [2.75, 3.05) is 18.0 Å². The van der Waals surface area contributed by atoms with Gasteiger partial charge in [0, 0.05) is 13.1 Å². The Balaban J connectivity index is 1.67. The standard InChI is InChI=1S/C17H16FN3OS/c1-11-8-21(16-14-6-7-23-17(14)20-10-19-16)9-15(22-11)12-2-4-13(18)5-3-12/h2-7,10-11,15H,8-9H2,1H3. The molecule has 4 nitrogen and oxygen atoms in total. The van der Waals surface area contributed by atoms with Crippen LogP contribution in [0.25, 0.3) is 10.2 Å². The number of hydrogen-bond acceptors (Lipinski definition) is 5. The van der Waals surface area contributed by atoms with Crippen LogP contribution in [0.15, 0.2) is 42.0 Å². The Morgan fingerprint density at radius 2 is 2.00 bits per heavy atom. The Hall–Kier alpha value is -2.05. The Morgan fingerprint density at radius 1 is 1.17 bits per heavy atom. The van der Waals surface area contributed by atoms with E-state index in [9.17, 15) is 4.39 Å². The van der Waals surface area contributed by atoms with E-state index in [4.69, 9.17) is 4.74 Å². The summed E-state index contributed by atoms with van der Waals surface area (Å²) in [5.74, 6) is 0.712. The van der Waals surface area contributed by atoms with Crippen LogP contribution in [0.1, 0.15) is 18.6 Å². The third-order valence-corrected chi connectivity index (χ3v) is 4.86. The molecule has 23 heavy (non-hydrogen) atoms. The molecule has 0 bridgehead atoms. The Bertz CT molecular complexity index is 820. The van der Waals surface area contributed by atoms with Crippen molar-refractivity contribution >= 4 is 27.4 Å². The molecule has 0 spiro atoms. The Kier molecular flexibility index (Phi) is 3.71. The van der Waals surface area contributed by atoms with Gasteiger partial charge in [0.15, 0.2) is 0 Å². The zero-order chi connectivity index (χ0) is 15.8. The third kappa shape index (κ3) is 2.80. The highest BCUT2D eigenvalue weighted by molar-refractivity contribution is 7.16. The van der Waals surface area contributed by atoms with Crippen molar-refractivity contribution in [3.8, 4) is 0 Å². The molecular weight excluding hydrogens is 313 g/mol. The first-order valence-electron chi connectivity index (χ1n) is 7.55. The van der Waals surface area contributed by atoms with Crippen LogP contribution in [0.2, 0.25) is 0 Å². The minimum Gasteiger partial charge on any atom is -0.367 e. The number of fused-ring (bicyclic) bond motifs is 1. The van der Waals surface area contributed by atoms with Crippen LogP contribution in [0.5, 0.6) is 0 Å². The first kappa shape index (κ1) is 14.5. The van der Waals surface area contributed by atoms with Gasteiger partial charge in [0.05, 0.1) is 11.5 Å². The number of aromatic nitrogens is 2. The predicted molar refractivity (Wildman–Crippen MR) is 89.3 cm³/mol. The van der Waals surface area contributed by atoms with Crippen LogP contribution in [-0.2, 0) is 4.74 Å². The molecule has 2 aromatic heterocycles. The number of benzene rings is 1. The summed E-state index contributed by atoms with van der Waals surface area (Å²) in [6, 6.07) is 8.59. The lowest BCUT2D eigenvalue weighted by Gasteiger charge is -2.37. The second-order valence-corrected chi connectivity index (χ2v) is 6.62. The van der Waals surface area contributed by atoms with E-state index in [-0.39, 0.29) is 18.0 Å². The molecule has 0 N–H and O–H groups in total. The van der Waals surface area contributed by atoms with Gasteiger partial charge in [0.1, 0.15) is 28.9 Å². The maximum Gasteiger partial charge on any atom is 0.140 e. The van der Waals surface area contributed by atoms with E-state index in [1.165, 1.54) is 12.1 Å². The molecule has 0 aliphatic carbocycles. The molecule has 1 aromatic carbocycles. The fraction of sp³-hybridized carbons (Fsp3) is 0.294. The first-order chi connectivity index (χ1) is 11.2. The van der Waals surface area contributed by atoms with Crippen molar-refractivity contribution in [3.63, 3.8) is 0 Å². The number of hydrogen-bond donors (Lipinski definition) is 0. The van der Waals surface area contributed by atoms with Gasteiger partial charge in [-0.3, -0.25) is 0 Å². The zero-order valence-corrected chi connectivity index (χ0v) is 13.5. The molecule has 2 unspecified atom stereocenters. The van der Waals surface area contributed by atoms with Crippen LogP contribution < -0.4 is 4.90 Å². The molecule has 3 heterocycles. The quantitative estimate of drug-likeness (QED) is 0.717. The van der Waals surface area contributed by atoms with Crippen molar-refractivity contribution in [1.82, 2.24) is 9.97 Å². The van der Waals surface area contributed by atoms with E-state index in [1.54, 1.807) is 29.8 Å². The van der Waals surface area contributed by atoms with E-state index >= 15 is 0 Å². The molecule has 4 rings (SSSR count). The first-order valence-corrected chi connectivity index (χ1v) is 8.43. The molecule has 1 aliphatic rings. The van der Waals surface area contributed by atoms with Gasteiger partial charge < -0.3 is 9.64 Å². The summed E-state index contributed by atoms with van der Waals surface area (Å²) in [6.07, 6.45) is 1.59. The van der Waals surface area contributed by atoms with Crippen molar-refractivity contribution in [3.05, 3.63) is 53.4 Å². The smallest absolute Gasteiger partial charge is 0.140 e. The summed E-state index contributed by atoms with van der Waals surface area (Å²) >= 11 is 1.61. The van der Waals surface area contributed by atoms with Gasteiger partial charge >= 0.3 is 0 Å². The second-order valence-electron chi connectivity index (χ2n) is 5.73. The topological polar surface area (TPSA) is 38.2 Å². The molecule has 3 aromatic rings. The van der Waals surface area contributed by atoms with Crippen LogP contribution in [-0.4, -0.2) is 29.2 Å². The highest BCUT2D eigenvalue weighted by atomic mass is 32.1. The largest absolute Gasteiger partial charge is 0.367 e. The molecule has 1 fully saturated rings.